The van der Waals surface area contributed by atoms with Crippen LogP contribution in [0, 0.1) is 5.82 Å². The molecule has 3 aromatic rings. The number of aromatic amines is 2. The second kappa shape index (κ2) is 5.97. The molecular formula is C16H15FN4O3. The highest BCUT2D eigenvalue weighted by molar-refractivity contribution is 6.06. The van der Waals surface area contributed by atoms with E-state index in [1.54, 1.807) is 24.7 Å². The first-order valence-electron chi connectivity index (χ1n) is 7.51. The highest BCUT2D eigenvalue weighted by atomic mass is 19.1. The van der Waals surface area contributed by atoms with Crippen LogP contribution in [0.2, 0.25) is 0 Å². The van der Waals surface area contributed by atoms with E-state index in [0.29, 0.717) is 35.4 Å². The van der Waals surface area contributed by atoms with Gasteiger partial charge in [0.15, 0.2) is 5.75 Å². The van der Waals surface area contributed by atoms with Crippen LogP contribution in [-0.4, -0.2) is 46.4 Å². The predicted molar refractivity (Wildman–Crippen MR) is 83.3 cm³/mol. The van der Waals surface area contributed by atoms with Crippen LogP contribution in [0.1, 0.15) is 10.4 Å². The zero-order valence-corrected chi connectivity index (χ0v) is 12.6. The number of halogens is 1. The zero-order chi connectivity index (χ0) is 16.5. The van der Waals surface area contributed by atoms with Crippen molar-refractivity contribution in [3.8, 4) is 5.75 Å². The van der Waals surface area contributed by atoms with E-state index in [1.165, 1.54) is 12.1 Å². The molecule has 0 aliphatic carbocycles. The maximum Gasteiger partial charge on any atom is 0.253 e. The van der Waals surface area contributed by atoms with E-state index in [-0.39, 0.29) is 23.9 Å². The van der Waals surface area contributed by atoms with Crippen molar-refractivity contribution in [3.63, 3.8) is 0 Å². The molecule has 1 fully saturated rings. The molecule has 7 nitrogen and oxygen atoms in total. The van der Waals surface area contributed by atoms with Crippen LogP contribution in [-0.2, 0) is 4.74 Å². The van der Waals surface area contributed by atoms with Crippen molar-refractivity contribution in [2.75, 3.05) is 13.2 Å². The van der Waals surface area contributed by atoms with Gasteiger partial charge in [-0.1, -0.05) is 0 Å². The summed E-state index contributed by atoms with van der Waals surface area (Å²) in [6, 6.07) is 3.99. The molecule has 2 aromatic heterocycles. The molecule has 2 atom stereocenters. The molecule has 3 N–H and O–H groups in total. The Bertz CT molecular complexity index is 861. The summed E-state index contributed by atoms with van der Waals surface area (Å²) in [5.41, 5.74) is 1.04. The van der Waals surface area contributed by atoms with E-state index in [4.69, 9.17) is 9.47 Å². The van der Waals surface area contributed by atoms with Gasteiger partial charge >= 0.3 is 0 Å². The molecule has 4 rings (SSSR count). The molecule has 8 heteroatoms. The molecule has 124 valence electrons. The summed E-state index contributed by atoms with van der Waals surface area (Å²) in [6.07, 6.45) is 4.46. The molecule has 24 heavy (non-hydrogen) atoms. The average molecular weight is 330 g/mol. The Kier molecular flexibility index (Phi) is 3.66. The number of H-pyrrole nitrogens is 2. The predicted octanol–water partition coefficient (Wildman–Crippen LogP) is 1.61. The van der Waals surface area contributed by atoms with E-state index in [1.807, 2.05) is 0 Å². The van der Waals surface area contributed by atoms with Crippen LogP contribution in [0.25, 0.3) is 10.9 Å². The Morgan fingerprint density at radius 1 is 1.38 bits per heavy atom. The van der Waals surface area contributed by atoms with Crippen LogP contribution in [0.15, 0.2) is 36.8 Å². The molecule has 1 aliphatic heterocycles. The van der Waals surface area contributed by atoms with Gasteiger partial charge in [-0.05, 0) is 18.2 Å². The molecule has 0 radical (unpaired) electrons. The quantitative estimate of drug-likeness (QED) is 0.678. The SMILES string of the molecule is O=C(N[C@H]1COC[C@H]1Oc1cn[nH]c1)c1c[nH]c2cc(F)ccc12. The number of aromatic nitrogens is 3. The molecular weight excluding hydrogens is 315 g/mol. The largest absolute Gasteiger partial charge is 0.482 e. The standard InChI is InChI=1S/C16H15FN4O3/c17-9-1-2-11-12(6-18-13(11)3-9)16(22)21-14-7-23-8-15(14)24-10-4-19-20-5-10/h1-6,14-15,18H,7-8H2,(H,19,20)(H,21,22)/t14-,15+/m0/s1. The minimum absolute atomic E-state index is 0.260. The van der Waals surface area contributed by atoms with Crippen LogP contribution >= 0.6 is 0 Å². The van der Waals surface area contributed by atoms with Crippen LogP contribution < -0.4 is 10.1 Å². The Morgan fingerprint density at radius 2 is 2.29 bits per heavy atom. The highest BCUT2D eigenvalue weighted by Crippen LogP contribution is 2.20. The van der Waals surface area contributed by atoms with Crippen molar-refractivity contribution < 1.29 is 18.7 Å². The number of ether oxygens (including phenoxy) is 2. The number of hydrogen-bond donors (Lipinski definition) is 3. The van der Waals surface area contributed by atoms with Crippen molar-refractivity contribution in [3.05, 3.63) is 48.2 Å². The summed E-state index contributed by atoms with van der Waals surface area (Å²) in [4.78, 5) is 15.5. The van der Waals surface area contributed by atoms with Gasteiger partial charge in [0.05, 0.1) is 37.2 Å². The lowest BCUT2D eigenvalue weighted by Gasteiger charge is -2.19. The Labute approximate surface area is 136 Å². The molecule has 1 amide bonds. The van der Waals surface area contributed by atoms with Crippen LogP contribution in [0.5, 0.6) is 5.75 Å². The molecule has 0 saturated carbocycles. The van der Waals surface area contributed by atoms with Gasteiger partial charge in [-0.3, -0.25) is 9.89 Å². The lowest BCUT2D eigenvalue weighted by molar-refractivity contribution is 0.0906. The molecule has 0 unspecified atom stereocenters. The van der Waals surface area contributed by atoms with E-state index in [9.17, 15) is 9.18 Å². The highest BCUT2D eigenvalue weighted by Gasteiger charge is 2.32. The second-order valence-electron chi connectivity index (χ2n) is 5.60. The van der Waals surface area contributed by atoms with Gasteiger partial charge in [0.25, 0.3) is 5.91 Å². The fourth-order valence-electron chi connectivity index (χ4n) is 2.80. The summed E-state index contributed by atoms with van der Waals surface area (Å²) >= 11 is 0. The first-order chi connectivity index (χ1) is 11.7. The number of nitrogens with one attached hydrogen (secondary N) is 3. The third-order valence-electron chi connectivity index (χ3n) is 3.99. The first kappa shape index (κ1) is 14.7. The van der Waals surface area contributed by atoms with E-state index < -0.39 is 0 Å². The maximum atomic E-state index is 13.2. The van der Waals surface area contributed by atoms with Gasteiger partial charge in [-0.15, -0.1) is 0 Å². The third-order valence-corrected chi connectivity index (χ3v) is 3.99. The van der Waals surface area contributed by atoms with Gasteiger partial charge in [-0.2, -0.15) is 5.10 Å². The number of benzene rings is 1. The van der Waals surface area contributed by atoms with E-state index in [0.717, 1.165) is 0 Å². The molecule has 0 spiro atoms. The van der Waals surface area contributed by atoms with Crippen molar-refractivity contribution >= 4 is 16.8 Å². The smallest absolute Gasteiger partial charge is 0.253 e. The molecule has 3 heterocycles. The monoisotopic (exact) mass is 330 g/mol. The number of carbonyl (C=O) groups is 1. The second-order valence-corrected chi connectivity index (χ2v) is 5.60. The Hall–Kier alpha value is -2.87. The Balaban J connectivity index is 1.50. The normalized spacial score (nSPS) is 20.4. The van der Waals surface area contributed by atoms with Crippen molar-refractivity contribution in [2.24, 2.45) is 0 Å². The van der Waals surface area contributed by atoms with Crippen molar-refractivity contribution in [1.29, 1.82) is 0 Å². The van der Waals surface area contributed by atoms with Gasteiger partial charge in [-0.25, -0.2) is 4.39 Å². The molecule has 1 aliphatic rings. The van der Waals surface area contributed by atoms with Crippen LogP contribution in [0.3, 0.4) is 0 Å². The lowest BCUT2D eigenvalue weighted by atomic mass is 10.1. The van der Waals surface area contributed by atoms with Gasteiger partial charge < -0.3 is 19.8 Å². The van der Waals surface area contributed by atoms with Gasteiger partial charge in [0.2, 0.25) is 0 Å². The first-order valence-corrected chi connectivity index (χ1v) is 7.51. The van der Waals surface area contributed by atoms with Crippen molar-refractivity contribution in [1.82, 2.24) is 20.5 Å². The number of amides is 1. The number of carbonyl (C=O) groups excluding carboxylic acids is 1. The topological polar surface area (TPSA) is 92.0 Å². The Morgan fingerprint density at radius 3 is 3.12 bits per heavy atom. The summed E-state index contributed by atoms with van der Waals surface area (Å²) in [5, 5.41) is 10.1. The van der Waals surface area contributed by atoms with Crippen molar-refractivity contribution in [2.45, 2.75) is 12.1 Å². The number of hydrogen-bond acceptors (Lipinski definition) is 4. The summed E-state index contributed by atoms with van der Waals surface area (Å²) < 4.78 is 24.4. The number of rotatable bonds is 4. The summed E-state index contributed by atoms with van der Waals surface area (Å²) in [6.45, 7) is 0.750. The van der Waals surface area contributed by atoms with E-state index >= 15 is 0 Å². The minimum Gasteiger partial charge on any atom is -0.482 e. The van der Waals surface area contributed by atoms with Gasteiger partial charge in [0, 0.05) is 17.1 Å². The number of nitrogens with zero attached hydrogens (tertiary/aromatic N) is 1. The molecule has 0 bridgehead atoms. The molecule has 1 saturated heterocycles. The maximum absolute atomic E-state index is 13.2. The number of fused-ring (bicyclic) bond motifs is 1. The fraction of sp³-hybridized carbons (Fsp3) is 0.250. The van der Waals surface area contributed by atoms with Gasteiger partial charge in [0.1, 0.15) is 11.9 Å². The summed E-state index contributed by atoms with van der Waals surface area (Å²) in [5.74, 6) is -0.0226. The lowest BCUT2D eigenvalue weighted by Crippen LogP contribution is -2.45. The van der Waals surface area contributed by atoms with Crippen LogP contribution in [0.4, 0.5) is 4.39 Å². The minimum atomic E-state index is -0.353. The van der Waals surface area contributed by atoms with E-state index in [2.05, 4.69) is 20.5 Å². The average Bonchev–Trinajstić information content (AvgIpc) is 3.29. The third kappa shape index (κ3) is 2.71. The summed E-state index contributed by atoms with van der Waals surface area (Å²) in [7, 11) is 0. The zero-order valence-electron chi connectivity index (χ0n) is 12.6. The fourth-order valence-corrected chi connectivity index (χ4v) is 2.80. The molecule has 1 aromatic carbocycles.